The van der Waals surface area contributed by atoms with Gasteiger partial charge in [0.15, 0.2) is 0 Å². The summed E-state index contributed by atoms with van der Waals surface area (Å²) in [5.41, 5.74) is 3.46. The highest BCUT2D eigenvalue weighted by molar-refractivity contribution is 6.19. The summed E-state index contributed by atoms with van der Waals surface area (Å²) in [7, 11) is 3.37. The maximum atomic E-state index is 12.4. The fraction of sp³-hybridized carbons (Fsp3) is 0.158. The first kappa shape index (κ1) is 15.0. The van der Waals surface area contributed by atoms with Crippen molar-refractivity contribution in [3.63, 3.8) is 0 Å². The van der Waals surface area contributed by atoms with Crippen molar-refractivity contribution in [2.45, 2.75) is 6.92 Å². The Morgan fingerprint density at radius 3 is 2.30 bits per heavy atom. The van der Waals surface area contributed by atoms with E-state index in [9.17, 15) is 4.79 Å². The van der Waals surface area contributed by atoms with E-state index in [1.165, 1.54) is 5.56 Å². The van der Waals surface area contributed by atoms with Gasteiger partial charge in [0.05, 0.1) is 7.11 Å². The first-order chi connectivity index (χ1) is 11.1. The van der Waals surface area contributed by atoms with Crippen molar-refractivity contribution >= 4 is 17.8 Å². The lowest BCUT2D eigenvalue weighted by Gasteiger charge is -2.11. The van der Waals surface area contributed by atoms with Crippen molar-refractivity contribution in [1.29, 1.82) is 0 Å². The monoisotopic (exact) mass is 306 g/mol. The molecule has 4 heteroatoms. The van der Waals surface area contributed by atoms with E-state index in [1.54, 1.807) is 25.1 Å². The van der Waals surface area contributed by atoms with Gasteiger partial charge in [-0.1, -0.05) is 42.0 Å². The van der Waals surface area contributed by atoms with Crippen LogP contribution in [0.25, 0.3) is 6.08 Å². The molecule has 0 aromatic heterocycles. The van der Waals surface area contributed by atoms with Crippen molar-refractivity contribution in [1.82, 2.24) is 4.90 Å². The molecule has 4 nitrogen and oxygen atoms in total. The van der Waals surface area contributed by atoms with Crippen molar-refractivity contribution < 1.29 is 9.53 Å². The Morgan fingerprint density at radius 1 is 1.04 bits per heavy atom. The van der Waals surface area contributed by atoms with E-state index in [4.69, 9.17) is 4.74 Å². The van der Waals surface area contributed by atoms with Crippen LogP contribution in [-0.4, -0.2) is 30.8 Å². The molecule has 0 fully saturated rings. The predicted octanol–water partition coefficient (Wildman–Crippen LogP) is 3.26. The maximum absolute atomic E-state index is 12.4. The number of carbonyl (C=O) groups excluding carboxylic acids is 1. The quantitative estimate of drug-likeness (QED) is 0.817. The second kappa shape index (κ2) is 6.08. The number of carbonyl (C=O) groups is 1. The topological polar surface area (TPSA) is 41.9 Å². The summed E-state index contributed by atoms with van der Waals surface area (Å²) in [6.45, 7) is 2.03. The second-order valence-corrected chi connectivity index (χ2v) is 5.47. The number of nitrogens with zero attached hydrogens (tertiary/aromatic N) is 2. The molecule has 0 spiro atoms. The van der Waals surface area contributed by atoms with Gasteiger partial charge in [-0.2, -0.15) is 0 Å². The molecule has 1 aliphatic heterocycles. The molecule has 1 heterocycles. The molecule has 1 amide bonds. The summed E-state index contributed by atoms with van der Waals surface area (Å²) in [6.07, 6.45) is 1.79. The lowest BCUT2D eigenvalue weighted by molar-refractivity contribution is -0.121. The second-order valence-electron chi connectivity index (χ2n) is 5.47. The van der Waals surface area contributed by atoms with Crippen molar-refractivity contribution in [2.75, 3.05) is 14.2 Å². The predicted molar refractivity (Wildman–Crippen MR) is 91.5 cm³/mol. The Bertz CT molecular complexity index is 787. The molecule has 116 valence electrons. The molecule has 23 heavy (non-hydrogen) atoms. The number of hydrogen-bond acceptors (Lipinski definition) is 3. The van der Waals surface area contributed by atoms with Gasteiger partial charge in [-0.15, -0.1) is 0 Å². The van der Waals surface area contributed by atoms with Crippen molar-refractivity contribution in [3.05, 3.63) is 70.9 Å². The van der Waals surface area contributed by atoms with E-state index in [-0.39, 0.29) is 5.91 Å². The lowest BCUT2D eigenvalue weighted by atomic mass is 10.1. The fourth-order valence-corrected chi connectivity index (χ4v) is 2.42. The number of rotatable bonds is 3. The van der Waals surface area contributed by atoms with E-state index in [1.807, 2.05) is 55.5 Å². The van der Waals surface area contributed by atoms with Gasteiger partial charge in [0.2, 0.25) is 0 Å². The highest BCUT2D eigenvalue weighted by atomic mass is 16.5. The molecular weight excluding hydrogens is 288 g/mol. The number of amides is 1. The van der Waals surface area contributed by atoms with E-state index in [0.717, 1.165) is 16.9 Å². The van der Waals surface area contributed by atoms with Gasteiger partial charge in [-0.05, 0) is 30.7 Å². The van der Waals surface area contributed by atoms with E-state index >= 15 is 0 Å². The molecule has 0 aliphatic carbocycles. The molecule has 1 aliphatic rings. The fourth-order valence-electron chi connectivity index (χ4n) is 2.42. The van der Waals surface area contributed by atoms with E-state index in [2.05, 4.69) is 4.99 Å². The van der Waals surface area contributed by atoms with Gasteiger partial charge in [-0.25, -0.2) is 4.99 Å². The van der Waals surface area contributed by atoms with Gasteiger partial charge in [0.25, 0.3) is 5.91 Å². The molecule has 0 unspecified atom stereocenters. The molecular formula is C19H18N2O2. The number of amidine groups is 1. The highest BCUT2D eigenvalue weighted by Gasteiger charge is 2.27. The molecule has 0 saturated heterocycles. The molecule has 0 atom stereocenters. The van der Waals surface area contributed by atoms with E-state index < -0.39 is 0 Å². The SMILES string of the molecule is COc1ccc(/C=C2/N=C(c3ccc(C)cc3)N(C)C2=O)cc1. The van der Waals surface area contributed by atoms with Crippen molar-refractivity contribution in [3.8, 4) is 5.75 Å². The lowest BCUT2D eigenvalue weighted by Crippen LogP contribution is -2.28. The van der Waals surface area contributed by atoms with Gasteiger partial charge >= 0.3 is 0 Å². The van der Waals surface area contributed by atoms with Gasteiger partial charge in [-0.3, -0.25) is 9.69 Å². The molecule has 2 aromatic carbocycles. The summed E-state index contributed by atoms with van der Waals surface area (Å²) in [4.78, 5) is 18.5. The van der Waals surface area contributed by atoms with Crippen LogP contribution < -0.4 is 4.74 Å². The summed E-state index contributed by atoms with van der Waals surface area (Å²) in [5.74, 6) is 1.36. The maximum Gasteiger partial charge on any atom is 0.277 e. The molecule has 3 rings (SSSR count). The Balaban J connectivity index is 1.94. The Labute approximate surface area is 135 Å². The number of benzene rings is 2. The number of ether oxygens (including phenoxy) is 1. The minimum atomic E-state index is -0.101. The summed E-state index contributed by atoms with van der Waals surface area (Å²) >= 11 is 0. The zero-order valence-electron chi connectivity index (χ0n) is 13.4. The van der Waals surface area contributed by atoms with E-state index in [0.29, 0.717) is 11.5 Å². The van der Waals surface area contributed by atoms with Crippen LogP contribution in [0.5, 0.6) is 5.75 Å². The summed E-state index contributed by atoms with van der Waals surface area (Å²) in [5, 5.41) is 0. The highest BCUT2D eigenvalue weighted by Crippen LogP contribution is 2.22. The smallest absolute Gasteiger partial charge is 0.277 e. The normalized spacial score (nSPS) is 16.0. The van der Waals surface area contributed by atoms with Gasteiger partial charge in [0.1, 0.15) is 17.3 Å². The Morgan fingerprint density at radius 2 is 1.70 bits per heavy atom. The first-order valence-electron chi connectivity index (χ1n) is 7.38. The summed E-state index contributed by atoms with van der Waals surface area (Å²) < 4.78 is 5.14. The average Bonchev–Trinajstić information content (AvgIpc) is 2.85. The van der Waals surface area contributed by atoms with Crippen LogP contribution in [0.15, 0.2) is 59.2 Å². The minimum absolute atomic E-state index is 0.101. The number of aliphatic imine (C=N–C) groups is 1. The Kier molecular flexibility index (Phi) is 3.98. The Hall–Kier alpha value is -2.88. The average molecular weight is 306 g/mol. The standard InChI is InChI=1S/C19H18N2O2/c1-13-4-8-15(9-5-13)18-20-17(19(22)21(18)2)12-14-6-10-16(23-3)11-7-14/h4-12H,1-3H3/b17-12+. The number of methoxy groups -OCH3 is 1. The number of hydrogen-bond donors (Lipinski definition) is 0. The molecule has 0 radical (unpaired) electrons. The molecule has 0 N–H and O–H groups in total. The van der Waals surface area contributed by atoms with Crippen LogP contribution >= 0.6 is 0 Å². The number of likely N-dealkylation sites (N-methyl/N-ethyl adjacent to an activating group) is 1. The van der Waals surface area contributed by atoms with Gasteiger partial charge in [0, 0.05) is 12.6 Å². The first-order valence-corrected chi connectivity index (χ1v) is 7.38. The van der Waals surface area contributed by atoms with Crippen LogP contribution in [0.3, 0.4) is 0 Å². The van der Waals surface area contributed by atoms with Crippen LogP contribution in [-0.2, 0) is 4.79 Å². The van der Waals surface area contributed by atoms with Crippen LogP contribution in [0.4, 0.5) is 0 Å². The van der Waals surface area contributed by atoms with Gasteiger partial charge < -0.3 is 4.74 Å². The third-order valence-corrected chi connectivity index (χ3v) is 3.80. The summed E-state index contributed by atoms with van der Waals surface area (Å²) in [6, 6.07) is 15.5. The zero-order chi connectivity index (χ0) is 16.4. The number of aryl methyl sites for hydroxylation is 1. The molecule has 0 bridgehead atoms. The largest absolute Gasteiger partial charge is 0.497 e. The van der Waals surface area contributed by atoms with Crippen LogP contribution in [0.1, 0.15) is 16.7 Å². The zero-order valence-corrected chi connectivity index (χ0v) is 13.4. The third-order valence-electron chi connectivity index (χ3n) is 3.80. The molecule has 2 aromatic rings. The van der Waals surface area contributed by atoms with Crippen molar-refractivity contribution in [2.24, 2.45) is 4.99 Å². The minimum Gasteiger partial charge on any atom is -0.497 e. The van der Waals surface area contributed by atoms with Crippen LogP contribution in [0.2, 0.25) is 0 Å². The molecule has 0 saturated carbocycles. The van der Waals surface area contributed by atoms with Crippen LogP contribution in [0, 0.1) is 6.92 Å². The third kappa shape index (κ3) is 3.01.